The maximum absolute atomic E-state index is 13.1. The second-order valence-corrected chi connectivity index (χ2v) is 3.32. The third kappa shape index (κ3) is 3.23. The fraction of sp³-hybridized carbons (Fsp3) is 0.273. The molecule has 0 aliphatic heterocycles. The van der Waals surface area contributed by atoms with Gasteiger partial charge in [0.05, 0.1) is 30.9 Å². The fourth-order valence-electron chi connectivity index (χ4n) is 1.29. The van der Waals surface area contributed by atoms with Crippen LogP contribution >= 0.6 is 0 Å². The lowest BCUT2D eigenvalue weighted by Gasteiger charge is -2.15. The molecule has 1 aromatic rings. The summed E-state index contributed by atoms with van der Waals surface area (Å²) >= 11 is 0. The number of nitrogen functional groups attached to an aromatic ring is 1. The number of hydrogen-bond acceptors (Lipinski definition) is 4. The number of anilines is 1. The Bertz CT molecular complexity index is 428. The molecule has 0 saturated carbocycles. The van der Waals surface area contributed by atoms with Gasteiger partial charge in [0.2, 0.25) is 0 Å². The van der Waals surface area contributed by atoms with Crippen molar-refractivity contribution in [3.05, 3.63) is 29.6 Å². The highest BCUT2D eigenvalue weighted by molar-refractivity contribution is 5.41. The van der Waals surface area contributed by atoms with Gasteiger partial charge in [0.25, 0.3) is 0 Å². The normalized spacial score (nSPS) is 9.75. The zero-order valence-corrected chi connectivity index (χ0v) is 8.65. The van der Waals surface area contributed by atoms with Gasteiger partial charge in [0, 0.05) is 6.54 Å². The molecule has 82 valence electrons. The zero-order valence-electron chi connectivity index (χ0n) is 8.65. The molecule has 0 aromatic heterocycles. The van der Waals surface area contributed by atoms with Gasteiger partial charge >= 0.3 is 0 Å². The van der Waals surface area contributed by atoms with Crippen LogP contribution in [0, 0.1) is 28.5 Å². The van der Waals surface area contributed by atoms with Gasteiger partial charge in [-0.1, -0.05) is 6.07 Å². The van der Waals surface area contributed by atoms with Crippen LogP contribution in [0.4, 0.5) is 10.1 Å². The van der Waals surface area contributed by atoms with E-state index in [0.717, 1.165) is 0 Å². The van der Waals surface area contributed by atoms with Gasteiger partial charge in [-0.15, -0.1) is 0 Å². The number of halogens is 1. The molecule has 1 aromatic carbocycles. The second-order valence-electron chi connectivity index (χ2n) is 3.32. The maximum atomic E-state index is 13.1. The number of nitrogens with two attached hydrogens (primary N) is 1. The summed E-state index contributed by atoms with van der Waals surface area (Å²) in [6.07, 6.45) is 0. The molecule has 0 saturated heterocycles. The minimum Gasteiger partial charge on any atom is -0.396 e. The molecule has 16 heavy (non-hydrogen) atoms. The number of hydrogen-bond donors (Lipinski definition) is 1. The van der Waals surface area contributed by atoms with Gasteiger partial charge < -0.3 is 5.73 Å². The third-order valence-corrected chi connectivity index (χ3v) is 2.06. The quantitative estimate of drug-likeness (QED) is 0.609. The van der Waals surface area contributed by atoms with E-state index in [4.69, 9.17) is 16.3 Å². The van der Waals surface area contributed by atoms with Crippen molar-refractivity contribution in [1.82, 2.24) is 4.90 Å². The van der Waals surface area contributed by atoms with Crippen LogP contribution in [-0.2, 0) is 6.54 Å². The molecule has 2 N–H and O–H groups in total. The summed E-state index contributed by atoms with van der Waals surface area (Å²) in [5, 5.41) is 17.1. The van der Waals surface area contributed by atoms with Crippen LogP contribution in [0.3, 0.4) is 0 Å². The van der Waals surface area contributed by atoms with Crippen LogP contribution in [0.5, 0.6) is 0 Å². The molecule has 5 heteroatoms. The summed E-state index contributed by atoms with van der Waals surface area (Å²) in [7, 11) is 0. The molecule has 0 fully saturated rings. The van der Waals surface area contributed by atoms with Gasteiger partial charge in [-0.2, -0.15) is 10.5 Å². The van der Waals surface area contributed by atoms with E-state index in [-0.39, 0.29) is 18.8 Å². The Morgan fingerprint density at radius 1 is 1.25 bits per heavy atom. The van der Waals surface area contributed by atoms with Crippen LogP contribution in [0.25, 0.3) is 0 Å². The van der Waals surface area contributed by atoms with E-state index in [1.807, 2.05) is 12.1 Å². The number of rotatable bonds is 4. The Balaban J connectivity index is 2.74. The van der Waals surface area contributed by atoms with E-state index in [0.29, 0.717) is 12.1 Å². The smallest absolute Gasteiger partial charge is 0.146 e. The molecule has 0 amide bonds. The van der Waals surface area contributed by atoms with Crippen LogP contribution in [0.1, 0.15) is 5.56 Å². The Hall–Kier alpha value is -2.11. The number of nitrogens with zero attached hydrogens (tertiary/aromatic N) is 3. The minimum absolute atomic E-state index is 0.0934. The van der Waals surface area contributed by atoms with Crippen LogP contribution in [0.15, 0.2) is 18.2 Å². The van der Waals surface area contributed by atoms with E-state index < -0.39 is 5.82 Å². The molecule has 0 atom stereocenters. The molecule has 0 aliphatic rings. The van der Waals surface area contributed by atoms with Crippen molar-refractivity contribution in [3.63, 3.8) is 0 Å². The van der Waals surface area contributed by atoms with Crippen LogP contribution in [0.2, 0.25) is 0 Å². The Morgan fingerprint density at radius 3 is 2.38 bits per heavy atom. The molecular weight excluding hydrogens is 207 g/mol. The van der Waals surface area contributed by atoms with Gasteiger partial charge in [0.15, 0.2) is 0 Å². The molecule has 0 radical (unpaired) electrons. The molecule has 0 spiro atoms. The van der Waals surface area contributed by atoms with Crippen LogP contribution in [-0.4, -0.2) is 18.0 Å². The van der Waals surface area contributed by atoms with Gasteiger partial charge in [-0.3, -0.25) is 4.90 Å². The molecule has 0 aliphatic carbocycles. The summed E-state index contributed by atoms with van der Waals surface area (Å²) in [6.45, 7) is 0.636. The lowest BCUT2D eigenvalue weighted by atomic mass is 10.2. The summed E-state index contributed by atoms with van der Waals surface area (Å²) in [4.78, 5) is 1.62. The first kappa shape index (κ1) is 12.0. The first-order valence-electron chi connectivity index (χ1n) is 4.67. The predicted molar refractivity (Wildman–Crippen MR) is 57.3 cm³/mol. The highest BCUT2D eigenvalue weighted by Crippen LogP contribution is 2.13. The minimum atomic E-state index is -0.480. The lowest BCUT2D eigenvalue weighted by molar-refractivity contribution is 0.334. The Labute approximate surface area is 93.3 Å². The maximum Gasteiger partial charge on any atom is 0.146 e. The standard InChI is InChI=1S/C11H11FN4/c12-10-7-9(1-2-11(10)15)8-16(5-3-13)6-4-14/h1-2,7H,5-6,8,15H2. The highest BCUT2D eigenvalue weighted by atomic mass is 19.1. The van der Waals surface area contributed by atoms with Gasteiger partial charge in [-0.25, -0.2) is 4.39 Å². The Kier molecular flexibility index (Phi) is 4.26. The van der Waals surface area contributed by atoms with E-state index in [1.165, 1.54) is 12.1 Å². The second kappa shape index (κ2) is 5.69. The average Bonchev–Trinajstić information content (AvgIpc) is 2.24. The van der Waals surface area contributed by atoms with Crippen molar-refractivity contribution in [3.8, 4) is 12.1 Å². The molecule has 1 rings (SSSR count). The van der Waals surface area contributed by atoms with E-state index in [9.17, 15) is 4.39 Å². The number of benzene rings is 1. The predicted octanol–water partition coefficient (Wildman–Crippen LogP) is 1.26. The number of nitriles is 2. The van der Waals surface area contributed by atoms with Crippen molar-refractivity contribution in [2.75, 3.05) is 18.8 Å². The van der Waals surface area contributed by atoms with E-state index in [1.54, 1.807) is 11.0 Å². The SMILES string of the molecule is N#CCN(CC#N)Cc1ccc(N)c(F)c1. The fourth-order valence-corrected chi connectivity index (χ4v) is 1.29. The summed E-state index contributed by atoms with van der Waals surface area (Å²) in [6, 6.07) is 8.38. The average molecular weight is 218 g/mol. The largest absolute Gasteiger partial charge is 0.396 e. The zero-order chi connectivity index (χ0) is 12.0. The lowest BCUT2D eigenvalue weighted by Crippen LogP contribution is -2.23. The molecule has 0 unspecified atom stereocenters. The van der Waals surface area contributed by atoms with Gasteiger partial charge in [-0.05, 0) is 17.7 Å². The molecular formula is C11H11FN4. The van der Waals surface area contributed by atoms with Crippen molar-refractivity contribution in [1.29, 1.82) is 10.5 Å². The van der Waals surface area contributed by atoms with Crippen LogP contribution < -0.4 is 5.73 Å². The third-order valence-electron chi connectivity index (χ3n) is 2.06. The van der Waals surface area contributed by atoms with Crippen molar-refractivity contribution in [2.24, 2.45) is 0 Å². The Morgan fingerprint density at radius 2 is 1.88 bits per heavy atom. The van der Waals surface area contributed by atoms with Gasteiger partial charge in [0.1, 0.15) is 5.82 Å². The summed E-state index contributed by atoms with van der Waals surface area (Å²) in [5.74, 6) is -0.480. The van der Waals surface area contributed by atoms with E-state index in [2.05, 4.69) is 0 Å². The first-order valence-corrected chi connectivity index (χ1v) is 4.67. The van der Waals surface area contributed by atoms with E-state index >= 15 is 0 Å². The molecule has 0 bridgehead atoms. The molecule has 4 nitrogen and oxygen atoms in total. The van der Waals surface area contributed by atoms with Crippen molar-refractivity contribution < 1.29 is 4.39 Å². The topological polar surface area (TPSA) is 76.8 Å². The van der Waals surface area contributed by atoms with Crippen molar-refractivity contribution in [2.45, 2.75) is 6.54 Å². The summed E-state index contributed by atoms with van der Waals surface area (Å²) < 4.78 is 13.1. The molecule has 0 heterocycles. The monoisotopic (exact) mass is 218 g/mol. The highest BCUT2D eigenvalue weighted by Gasteiger charge is 2.06. The first-order chi connectivity index (χ1) is 7.67. The summed E-state index contributed by atoms with van der Waals surface area (Å²) in [5.41, 5.74) is 6.13. The van der Waals surface area contributed by atoms with Crippen molar-refractivity contribution >= 4 is 5.69 Å².